The van der Waals surface area contributed by atoms with Crippen LogP contribution < -0.4 is 10.1 Å². The SMILES string of the molecule is COc1ccc(CSC(C)(C)N2CCNCC2)cc1. The Labute approximate surface area is 120 Å². The molecule has 0 aliphatic carbocycles. The molecule has 106 valence electrons. The van der Waals surface area contributed by atoms with Crippen molar-refractivity contribution >= 4 is 11.8 Å². The summed E-state index contributed by atoms with van der Waals surface area (Å²) in [5, 5.41) is 3.41. The maximum atomic E-state index is 5.19. The van der Waals surface area contributed by atoms with Crippen LogP contribution in [0.25, 0.3) is 0 Å². The predicted octanol–water partition coefficient (Wildman–Crippen LogP) is 2.57. The van der Waals surface area contributed by atoms with Crippen LogP contribution in [0.1, 0.15) is 19.4 Å². The maximum Gasteiger partial charge on any atom is 0.118 e. The molecule has 1 heterocycles. The third kappa shape index (κ3) is 4.13. The van der Waals surface area contributed by atoms with Gasteiger partial charge in [0.15, 0.2) is 0 Å². The molecule has 4 heteroatoms. The van der Waals surface area contributed by atoms with Crippen LogP contribution in [0.3, 0.4) is 0 Å². The number of hydrogen-bond donors (Lipinski definition) is 1. The largest absolute Gasteiger partial charge is 0.497 e. The van der Waals surface area contributed by atoms with E-state index in [0.29, 0.717) is 0 Å². The van der Waals surface area contributed by atoms with Gasteiger partial charge in [0.05, 0.1) is 12.0 Å². The summed E-state index contributed by atoms with van der Waals surface area (Å²) in [5.74, 6) is 1.97. The summed E-state index contributed by atoms with van der Waals surface area (Å²) in [4.78, 5) is 2.76. The van der Waals surface area contributed by atoms with E-state index in [-0.39, 0.29) is 4.87 Å². The standard InChI is InChI=1S/C15H24N2OS/c1-15(2,17-10-8-16-9-11-17)19-12-13-4-6-14(18-3)7-5-13/h4-7,16H,8-12H2,1-3H3. The highest BCUT2D eigenvalue weighted by atomic mass is 32.2. The van der Waals surface area contributed by atoms with Gasteiger partial charge in [-0.15, -0.1) is 11.8 Å². The van der Waals surface area contributed by atoms with Gasteiger partial charge in [0.2, 0.25) is 0 Å². The van der Waals surface area contributed by atoms with Gasteiger partial charge in [0.1, 0.15) is 5.75 Å². The van der Waals surface area contributed by atoms with Gasteiger partial charge in [-0.3, -0.25) is 4.90 Å². The Morgan fingerprint density at radius 2 is 1.84 bits per heavy atom. The van der Waals surface area contributed by atoms with Crippen molar-refractivity contribution in [2.24, 2.45) is 0 Å². The summed E-state index contributed by atoms with van der Waals surface area (Å²) >= 11 is 2.01. The molecule has 1 fully saturated rings. The van der Waals surface area contributed by atoms with Crippen LogP contribution in [0, 0.1) is 0 Å². The first-order valence-electron chi connectivity index (χ1n) is 6.84. The number of nitrogens with zero attached hydrogens (tertiary/aromatic N) is 1. The monoisotopic (exact) mass is 280 g/mol. The van der Waals surface area contributed by atoms with Gasteiger partial charge in [-0.25, -0.2) is 0 Å². The molecule has 3 nitrogen and oxygen atoms in total. The lowest BCUT2D eigenvalue weighted by Crippen LogP contribution is -2.51. The molecule has 2 rings (SSSR count). The zero-order chi connectivity index (χ0) is 13.7. The van der Waals surface area contributed by atoms with Crippen LogP contribution in [0.5, 0.6) is 5.75 Å². The Bertz CT molecular complexity index is 386. The van der Waals surface area contributed by atoms with Crippen LogP contribution in [0.2, 0.25) is 0 Å². The molecular weight excluding hydrogens is 256 g/mol. The van der Waals surface area contributed by atoms with Gasteiger partial charge in [0.25, 0.3) is 0 Å². The fourth-order valence-corrected chi connectivity index (χ4v) is 3.35. The van der Waals surface area contributed by atoms with Crippen molar-refractivity contribution in [1.29, 1.82) is 0 Å². The molecular formula is C15H24N2OS. The Balaban J connectivity index is 1.88. The van der Waals surface area contributed by atoms with Gasteiger partial charge >= 0.3 is 0 Å². The fraction of sp³-hybridized carbons (Fsp3) is 0.600. The third-order valence-corrected chi connectivity index (χ3v) is 5.07. The number of ether oxygens (including phenoxy) is 1. The molecule has 0 bridgehead atoms. The van der Waals surface area contributed by atoms with Gasteiger partial charge in [0, 0.05) is 31.9 Å². The third-order valence-electron chi connectivity index (χ3n) is 3.63. The van der Waals surface area contributed by atoms with E-state index in [1.165, 1.54) is 5.56 Å². The molecule has 0 aromatic heterocycles. The van der Waals surface area contributed by atoms with Gasteiger partial charge < -0.3 is 10.1 Å². The number of rotatable bonds is 5. The van der Waals surface area contributed by atoms with E-state index >= 15 is 0 Å². The number of methoxy groups -OCH3 is 1. The molecule has 0 amide bonds. The second-order valence-electron chi connectivity index (χ2n) is 5.32. The van der Waals surface area contributed by atoms with Crippen LogP contribution in [0.15, 0.2) is 24.3 Å². The second kappa shape index (κ2) is 6.64. The highest BCUT2D eigenvalue weighted by Crippen LogP contribution is 2.32. The normalized spacial score (nSPS) is 17.4. The van der Waals surface area contributed by atoms with Crippen LogP contribution in [-0.2, 0) is 5.75 Å². The lowest BCUT2D eigenvalue weighted by molar-refractivity contribution is 0.172. The molecule has 1 aliphatic heterocycles. The summed E-state index contributed by atoms with van der Waals surface area (Å²) in [7, 11) is 1.71. The second-order valence-corrected chi connectivity index (χ2v) is 6.90. The van der Waals surface area contributed by atoms with Crippen LogP contribution >= 0.6 is 11.8 Å². The molecule has 0 spiro atoms. The number of hydrogen-bond acceptors (Lipinski definition) is 4. The summed E-state index contributed by atoms with van der Waals surface area (Å²) in [6.45, 7) is 9.14. The summed E-state index contributed by atoms with van der Waals surface area (Å²) in [6, 6.07) is 8.38. The van der Waals surface area contributed by atoms with Crippen molar-refractivity contribution in [1.82, 2.24) is 10.2 Å². The lowest BCUT2D eigenvalue weighted by atomic mass is 10.2. The lowest BCUT2D eigenvalue weighted by Gasteiger charge is -2.40. The highest BCUT2D eigenvalue weighted by molar-refractivity contribution is 7.99. The molecule has 0 radical (unpaired) electrons. The van der Waals surface area contributed by atoms with Crippen molar-refractivity contribution in [3.63, 3.8) is 0 Å². The topological polar surface area (TPSA) is 24.5 Å². The minimum absolute atomic E-state index is 0.196. The van der Waals surface area contributed by atoms with E-state index in [1.54, 1.807) is 7.11 Å². The van der Waals surface area contributed by atoms with E-state index in [4.69, 9.17) is 4.74 Å². The van der Waals surface area contributed by atoms with Crippen LogP contribution in [-0.4, -0.2) is 43.1 Å². The Kier molecular flexibility index (Phi) is 5.13. The summed E-state index contributed by atoms with van der Waals surface area (Å²) in [5.41, 5.74) is 1.36. The smallest absolute Gasteiger partial charge is 0.118 e. The van der Waals surface area contributed by atoms with Crippen molar-refractivity contribution in [2.45, 2.75) is 24.5 Å². The highest BCUT2D eigenvalue weighted by Gasteiger charge is 2.27. The average Bonchev–Trinajstić information content (AvgIpc) is 2.47. The fourth-order valence-electron chi connectivity index (χ4n) is 2.28. The molecule has 0 unspecified atom stereocenters. The summed E-state index contributed by atoms with van der Waals surface area (Å²) in [6.07, 6.45) is 0. The van der Waals surface area contributed by atoms with E-state index in [2.05, 4.69) is 36.2 Å². The molecule has 1 aliphatic rings. The molecule has 1 aromatic rings. The van der Waals surface area contributed by atoms with E-state index in [1.807, 2.05) is 23.9 Å². The van der Waals surface area contributed by atoms with Gasteiger partial charge in [-0.05, 0) is 31.5 Å². The number of benzene rings is 1. The number of thioether (sulfide) groups is 1. The Morgan fingerprint density at radius 1 is 1.21 bits per heavy atom. The quantitative estimate of drug-likeness (QED) is 0.896. The minimum atomic E-state index is 0.196. The zero-order valence-electron chi connectivity index (χ0n) is 12.1. The molecule has 0 atom stereocenters. The van der Waals surface area contributed by atoms with Crippen molar-refractivity contribution in [2.75, 3.05) is 33.3 Å². The maximum absolute atomic E-state index is 5.19. The van der Waals surface area contributed by atoms with Gasteiger partial charge in [-0.2, -0.15) is 0 Å². The van der Waals surface area contributed by atoms with E-state index in [9.17, 15) is 0 Å². The van der Waals surface area contributed by atoms with Crippen LogP contribution in [0.4, 0.5) is 0 Å². The van der Waals surface area contributed by atoms with Crippen molar-refractivity contribution in [3.05, 3.63) is 29.8 Å². The number of nitrogens with one attached hydrogen (secondary N) is 1. The molecule has 1 aromatic carbocycles. The Morgan fingerprint density at radius 3 is 2.42 bits per heavy atom. The molecule has 1 saturated heterocycles. The first kappa shape index (κ1) is 14.7. The Hall–Kier alpha value is -0.710. The molecule has 1 N–H and O–H groups in total. The molecule has 0 saturated carbocycles. The van der Waals surface area contributed by atoms with Gasteiger partial charge in [-0.1, -0.05) is 12.1 Å². The summed E-state index contributed by atoms with van der Waals surface area (Å²) < 4.78 is 5.19. The van der Waals surface area contributed by atoms with Crippen molar-refractivity contribution in [3.8, 4) is 5.75 Å². The average molecular weight is 280 g/mol. The first-order chi connectivity index (χ1) is 9.12. The van der Waals surface area contributed by atoms with Crippen molar-refractivity contribution < 1.29 is 4.74 Å². The van der Waals surface area contributed by atoms with E-state index < -0.39 is 0 Å². The molecule has 19 heavy (non-hydrogen) atoms. The minimum Gasteiger partial charge on any atom is -0.497 e. The first-order valence-corrected chi connectivity index (χ1v) is 7.83. The zero-order valence-corrected chi connectivity index (χ0v) is 12.9. The van der Waals surface area contributed by atoms with E-state index in [0.717, 1.165) is 37.7 Å². The number of piperazine rings is 1. The predicted molar refractivity (Wildman–Crippen MR) is 82.8 cm³/mol.